The van der Waals surface area contributed by atoms with Crippen LogP contribution < -0.4 is 71.2 Å². The third-order valence-corrected chi connectivity index (χ3v) is 13.2. The molecule has 28 heteroatoms. The molecular weight excluding hydrogens is 1020 g/mol. The molecule has 7 atom stereocenters. The third-order valence-electron chi connectivity index (χ3n) is 12.2. The number of nitrogens with two attached hydrogens (primary N) is 5. The second-order valence-corrected chi connectivity index (χ2v) is 20.9. The lowest BCUT2D eigenvalue weighted by atomic mass is 10.0. The maximum atomic E-state index is 14.6. The summed E-state index contributed by atoms with van der Waals surface area (Å²) in [7, 11) is -3.82. The average Bonchev–Trinajstić information content (AvgIpc) is 3.77. The van der Waals surface area contributed by atoms with Gasteiger partial charge in [-0.05, 0) is 68.6 Å². The smallest absolute Gasteiger partial charge is 0.243 e. The highest BCUT2D eigenvalue weighted by Gasteiger charge is 2.35. The molecule has 4 rings (SSSR count). The molecule has 1 saturated heterocycles. The fourth-order valence-electron chi connectivity index (χ4n) is 8.27. The Morgan fingerprint density at radius 1 is 0.701 bits per heavy atom. The summed E-state index contributed by atoms with van der Waals surface area (Å²) in [4.78, 5) is 136. The van der Waals surface area contributed by atoms with Crippen LogP contribution in [-0.4, -0.2) is 152 Å². The van der Waals surface area contributed by atoms with Gasteiger partial charge in [0.2, 0.25) is 53.2 Å². The Balaban J connectivity index is 1.80. The number of H-pyrrole nitrogens is 1. The van der Waals surface area contributed by atoms with Gasteiger partial charge >= 0.3 is 0 Å². The van der Waals surface area contributed by atoms with E-state index < -0.39 is 124 Å². The number of fused-ring (bicyclic) bond motifs is 1. The Labute approximate surface area is 445 Å². The first-order valence-corrected chi connectivity index (χ1v) is 27.1. The molecule has 0 aliphatic carbocycles. The highest BCUT2D eigenvalue weighted by atomic mass is 32.2. The molecular formula is C49H72N16O11S. The number of aromatic nitrogens is 1. The van der Waals surface area contributed by atoms with Crippen molar-refractivity contribution in [2.24, 2.45) is 38.7 Å². The van der Waals surface area contributed by atoms with Gasteiger partial charge in [-0.1, -0.05) is 48.5 Å². The van der Waals surface area contributed by atoms with Gasteiger partial charge in [0.05, 0.1) is 12.2 Å². The van der Waals surface area contributed by atoms with Crippen molar-refractivity contribution in [3.63, 3.8) is 0 Å². The predicted molar refractivity (Wildman–Crippen MR) is 286 cm³/mol. The molecule has 420 valence electrons. The van der Waals surface area contributed by atoms with Crippen molar-refractivity contribution < 1.29 is 51.6 Å². The van der Waals surface area contributed by atoms with Crippen molar-refractivity contribution in [2.45, 2.75) is 120 Å². The Bertz CT molecular complexity index is 2730. The number of amides is 9. The number of carbonyl (C=O) groups excluding carboxylic acids is 9. The molecule has 2 heterocycles. The standard InChI is InChI=1S/C49H72N16O11S/c1-28(66)59-34(17-10-21-56-48(51)52)42(69)65-39-26-40(67)55-20-9-8-16-33(41(50)68)60-46(73)38(25-30-27-58-32-15-7-6-14-31(30)32)64-43(70)35(18-11-22-57-49(53)54)61-45(72)37(24-29-12-4-3-5-13-29)63-44(71)36(62-47(39)74)19-23-77(2,75)76/h3-7,12-15,27,33-39,58H,8-11,16-26H2,1-2H3,(H2,50,68)(H,55,67)(H,59,66)(H,60,73)(H,61,72)(H,62,74)(H,63,71)(H,64,70)(H,65,69)(H4,51,52,56)(H4,53,54,57). The lowest BCUT2D eigenvalue weighted by Crippen LogP contribution is -2.61. The number of primary amides is 1. The van der Waals surface area contributed by atoms with Crippen LogP contribution in [0.25, 0.3) is 10.9 Å². The number of benzene rings is 2. The van der Waals surface area contributed by atoms with Crippen LogP contribution >= 0.6 is 0 Å². The summed E-state index contributed by atoms with van der Waals surface area (Å²) in [5.74, 6) is -9.03. The molecule has 9 amide bonds. The van der Waals surface area contributed by atoms with Crippen LogP contribution in [-0.2, 0) is 65.8 Å². The van der Waals surface area contributed by atoms with Gasteiger partial charge in [-0.15, -0.1) is 0 Å². The van der Waals surface area contributed by atoms with Gasteiger partial charge in [0.15, 0.2) is 11.9 Å². The molecule has 2 aromatic carbocycles. The van der Waals surface area contributed by atoms with E-state index in [0.717, 1.165) is 24.1 Å². The van der Waals surface area contributed by atoms with E-state index in [-0.39, 0.29) is 89.3 Å². The van der Waals surface area contributed by atoms with E-state index in [1.165, 1.54) is 0 Å². The summed E-state index contributed by atoms with van der Waals surface area (Å²) in [6.07, 6.45) is 1.55. The van der Waals surface area contributed by atoms with Crippen molar-refractivity contribution in [1.82, 2.24) is 47.5 Å². The number of aromatic amines is 1. The van der Waals surface area contributed by atoms with Crippen LogP contribution in [0.5, 0.6) is 0 Å². The van der Waals surface area contributed by atoms with Crippen LogP contribution in [0.15, 0.2) is 70.8 Å². The van der Waals surface area contributed by atoms with E-state index >= 15 is 0 Å². The summed E-state index contributed by atoms with van der Waals surface area (Å²) < 4.78 is 25.1. The fourth-order valence-corrected chi connectivity index (χ4v) is 8.93. The number of rotatable bonds is 19. The molecule has 19 N–H and O–H groups in total. The quantitative estimate of drug-likeness (QED) is 0.0310. The van der Waals surface area contributed by atoms with Gasteiger partial charge in [-0.3, -0.25) is 53.1 Å². The number of para-hydroxylation sites is 1. The third kappa shape index (κ3) is 21.8. The van der Waals surface area contributed by atoms with Crippen LogP contribution in [0.3, 0.4) is 0 Å². The number of sulfone groups is 1. The first-order valence-electron chi connectivity index (χ1n) is 25.0. The second kappa shape index (κ2) is 30.3. The number of hydrogen-bond donors (Lipinski definition) is 14. The Morgan fingerprint density at radius 3 is 1.91 bits per heavy atom. The molecule has 0 saturated carbocycles. The molecule has 1 aliphatic rings. The van der Waals surface area contributed by atoms with Crippen LogP contribution in [0.4, 0.5) is 0 Å². The molecule has 0 spiro atoms. The van der Waals surface area contributed by atoms with Crippen molar-refractivity contribution in [1.29, 1.82) is 0 Å². The molecule has 0 radical (unpaired) electrons. The molecule has 1 aromatic heterocycles. The second-order valence-electron chi connectivity index (χ2n) is 18.6. The predicted octanol–water partition coefficient (Wildman–Crippen LogP) is -3.92. The molecule has 27 nitrogen and oxygen atoms in total. The Morgan fingerprint density at radius 2 is 1.27 bits per heavy atom. The number of hydrogen-bond acceptors (Lipinski definition) is 13. The summed E-state index contributed by atoms with van der Waals surface area (Å²) in [6.45, 7) is 1.21. The maximum absolute atomic E-state index is 14.6. The number of guanidine groups is 2. The van der Waals surface area contributed by atoms with Gasteiger partial charge < -0.3 is 76.2 Å². The monoisotopic (exact) mass is 1090 g/mol. The molecule has 1 aliphatic heterocycles. The Hall–Kier alpha value is -8.30. The van der Waals surface area contributed by atoms with Crippen LogP contribution in [0.1, 0.15) is 75.8 Å². The molecule has 1 fully saturated rings. The minimum absolute atomic E-state index is 0.0122. The average molecular weight is 1090 g/mol. The van der Waals surface area contributed by atoms with Gasteiger partial charge in [0.25, 0.3) is 0 Å². The first kappa shape index (κ1) is 61.2. The fraction of sp³-hybridized carbons (Fsp3) is 0.490. The van der Waals surface area contributed by atoms with E-state index in [1.54, 1.807) is 42.6 Å². The topological polar surface area (TPSA) is 455 Å². The molecule has 77 heavy (non-hydrogen) atoms. The summed E-state index contributed by atoms with van der Waals surface area (Å²) >= 11 is 0. The first-order chi connectivity index (χ1) is 36.5. The zero-order valence-corrected chi connectivity index (χ0v) is 43.9. The number of nitrogens with zero attached hydrogens (tertiary/aromatic N) is 2. The largest absolute Gasteiger partial charge is 0.370 e. The van der Waals surface area contributed by atoms with Gasteiger partial charge in [-0.2, -0.15) is 0 Å². The summed E-state index contributed by atoms with van der Waals surface area (Å²) in [6, 6.07) is 5.30. The zero-order valence-electron chi connectivity index (χ0n) is 43.1. The number of carbonyl (C=O) groups is 9. The summed E-state index contributed by atoms with van der Waals surface area (Å²) in [5, 5.41) is 21.5. The highest BCUT2D eigenvalue weighted by molar-refractivity contribution is 7.90. The van der Waals surface area contributed by atoms with E-state index in [2.05, 4.69) is 57.5 Å². The Kier molecular flexibility index (Phi) is 24.1. The van der Waals surface area contributed by atoms with E-state index in [0.29, 0.717) is 11.1 Å². The SMILES string of the molecule is CC(=O)NC(CCCN=C(N)N)C(=O)NC1CC(=O)NCCCCC(C(N)=O)NC(=O)C(Cc2c[nH]c3ccccc23)NC(=O)C(CCCN=C(N)N)NC(=O)C(Cc2ccccc2)NC(=O)C(CCS(C)(=O)=O)NC1=O. The summed E-state index contributed by atoms with van der Waals surface area (Å²) in [5.41, 5.74) is 29.6. The highest BCUT2D eigenvalue weighted by Crippen LogP contribution is 2.20. The van der Waals surface area contributed by atoms with Gasteiger partial charge in [-0.25, -0.2) is 8.42 Å². The van der Waals surface area contributed by atoms with E-state index in [9.17, 15) is 51.6 Å². The van der Waals surface area contributed by atoms with Crippen molar-refractivity contribution >= 4 is 85.8 Å². The van der Waals surface area contributed by atoms with E-state index in [4.69, 9.17) is 28.7 Å². The lowest BCUT2D eigenvalue weighted by Gasteiger charge is -2.28. The minimum atomic E-state index is -3.82. The normalized spacial score (nSPS) is 21.1. The van der Waals surface area contributed by atoms with Gasteiger partial charge in [0, 0.05) is 62.8 Å². The van der Waals surface area contributed by atoms with Crippen LogP contribution in [0.2, 0.25) is 0 Å². The minimum Gasteiger partial charge on any atom is -0.370 e. The molecule has 7 unspecified atom stereocenters. The maximum Gasteiger partial charge on any atom is 0.243 e. The van der Waals surface area contributed by atoms with Crippen molar-refractivity contribution in [2.75, 3.05) is 31.6 Å². The molecule has 0 bridgehead atoms. The number of nitrogens with one attached hydrogen (secondary N) is 9. The van der Waals surface area contributed by atoms with E-state index in [1.807, 2.05) is 18.2 Å². The zero-order chi connectivity index (χ0) is 56.7. The lowest BCUT2D eigenvalue weighted by molar-refractivity contribution is -0.136. The van der Waals surface area contributed by atoms with Crippen molar-refractivity contribution in [3.8, 4) is 0 Å². The van der Waals surface area contributed by atoms with Crippen LogP contribution in [0, 0.1) is 0 Å². The van der Waals surface area contributed by atoms with Gasteiger partial charge in [0.1, 0.15) is 52.1 Å². The van der Waals surface area contributed by atoms with Crippen molar-refractivity contribution in [3.05, 3.63) is 71.9 Å². The molecule has 3 aromatic rings. The number of aliphatic imine (C=N–C) groups is 2.